The van der Waals surface area contributed by atoms with Gasteiger partial charge in [-0.1, -0.05) is 11.3 Å². The minimum atomic E-state index is -0.185. The second kappa shape index (κ2) is 7.05. The first-order valence-corrected chi connectivity index (χ1v) is 10.1. The summed E-state index contributed by atoms with van der Waals surface area (Å²) in [6, 6.07) is 9.22. The maximum atomic E-state index is 12.4. The fraction of sp³-hybridized carbons (Fsp3) is 0.278. The van der Waals surface area contributed by atoms with Crippen LogP contribution in [0.5, 0.6) is 0 Å². The summed E-state index contributed by atoms with van der Waals surface area (Å²) in [7, 11) is 0. The summed E-state index contributed by atoms with van der Waals surface area (Å²) in [6.45, 7) is 3.58. The van der Waals surface area contributed by atoms with Gasteiger partial charge in [-0.25, -0.2) is 4.98 Å². The molecular weight excluding hydrogens is 368 g/mol. The summed E-state index contributed by atoms with van der Waals surface area (Å²) in [6.07, 6.45) is 2.44. The highest BCUT2D eigenvalue weighted by Gasteiger charge is 2.17. The van der Waals surface area contributed by atoms with E-state index in [-0.39, 0.29) is 11.8 Å². The molecule has 0 saturated carbocycles. The average Bonchev–Trinajstić information content (AvgIpc) is 3.33. The molecule has 2 N–H and O–H groups in total. The van der Waals surface area contributed by atoms with Gasteiger partial charge in [0.2, 0.25) is 5.91 Å². The second-order valence-corrected chi connectivity index (χ2v) is 8.27. The van der Waals surface area contributed by atoms with E-state index >= 15 is 0 Å². The van der Waals surface area contributed by atoms with E-state index in [4.69, 9.17) is 4.98 Å². The Kier molecular flexibility index (Phi) is 4.60. The maximum Gasteiger partial charge on any atom is 0.265 e. The first-order chi connectivity index (χ1) is 12.6. The van der Waals surface area contributed by atoms with Crippen LogP contribution in [-0.4, -0.2) is 29.9 Å². The summed E-state index contributed by atoms with van der Waals surface area (Å²) in [5.74, 6) is -0.335. The Morgan fingerprint density at radius 2 is 1.88 bits per heavy atom. The van der Waals surface area contributed by atoms with Crippen LogP contribution in [0.25, 0.3) is 10.2 Å². The largest absolute Gasteiger partial charge is 0.348 e. The van der Waals surface area contributed by atoms with E-state index in [1.165, 1.54) is 31.1 Å². The molecule has 0 unspecified atom stereocenters. The molecule has 26 heavy (non-hydrogen) atoms. The molecule has 4 rings (SSSR count). The standard InChI is InChI=1S/C18H18N4O2S2/c1-11(23)19-16-7-6-14(25-16)17(24)20-12-4-5-13-15(10-12)26-18(21-13)22-8-2-3-9-22/h4-7,10H,2-3,8-9H2,1H3,(H,19,23)(H,20,24). The van der Waals surface area contributed by atoms with Gasteiger partial charge in [-0.3, -0.25) is 9.59 Å². The molecule has 0 atom stereocenters. The fourth-order valence-corrected chi connectivity index (χ4v) is 4.83. The van der Waals surface area contributed by atoms with Crippen molar-refractivity contribution in [2.45, 2.75) is 19.8 Å². The van der Waals surface area contributed by atoms with Gasteiger partial charge < -0.3 is 15.5 Å². The Bertz CT molecular complexity index is 973. The Morgan fingerprint density at radius 3 is 2.65 bits per heavy atom. The summed E-state index contributed by atoms with van der Waals surface area (Å²) >= 11 is 2.91. The van der Waals surface area contributed by atoms with Crippen molar-refractivity contribution in [3.05, 3.63) is 35.2 Å². The van der Waals surface area contributed by atoms with Crippen LogP contribution in [0.4, 0.5) is 15.8 Å². The average molecular weight is 387 g/mol. The van der Waals surface area contributed by atoms with Crippen LogP contribution in [0, 0.1) is 0 Å². The third-order valence-electron chi connectivity index (χ3n) is 4.14. The highest BCUT2D eigenvalue weighted by atomic mass is 32.1. The molecule has 1 fully saturated rings. The predicted molar refractivity (Wildman–Crippen MR) is 108 cm³/mol. The lowest BCUT2D eigenvalue weighted by molar-refractivity contribution is -0.114. The molecule has 0 bridgehead atoms. The van der Waals surface area contributed by atoms with Gasteiger partial charge in [0.15, 0.2) is 5.13 Å². The number of carbonyl (C=O) groups excluding carboxylic acids is 2. The minimum absolute atomic E-state index is 0.150. The van der Waals surface area contributed by atoms with Crippen molar-refractivity contribution in [2.75, 3.05) is 28.6 Å². The number of thiazole rings is 1. The van der Waals surface area contributed by atoms with Crippen LogP contribution in [0.2, 0.25) is 0 Å². The lowest BCUT2D eigenvalue weighted by atomic mass is 10.3. The van der Waals surface area contributed by atoms with Crippen LogP contribution in [-0.2, 0) is 4.79 Å². The van der Waals surface area contributed by atoms with E-state index in [9.17, 15) is 9.59 Å². The molecule has 6 nitrogen and oxygen atoms in total. The Morgan fingerprint density at radius 1 is 1.08 bits per heavy atom. The quantitative estimate of drug-likeness (QED) is 0.706. The first kappa shape index (κ1) is 17.0. The SMILES string of the molecule is CC(=O)Nc1ccc(C(=O)Nc2ccc3nc(N4CCCC4)sc3c2)s1. The van der Waals surface area contributed by atoms with Gasteiger partial charge in [-0.2, -0.15) is 0 Å². The topological polar surface area (TPSA) is 74.3 Å². The van der Waals surface area contributed by atoms with Crippen LogP contribution in [0.1, 0.15) is 29.4 Å². The van der Waals surface area contributed by atoms with Gasteiger partial charge in [0, 0.05) is 25.7 Å². The second-order valence-electron chi connectivity index (χ2n) is 6.17. The van der Waals surface area contributed by atoms with Crippen LogP contribution in [0.3, 0.4) is 0 Å². The van der Waals surface area contributed by atoms with Crippen molar-refractivity contribution in [3.8, 4) is 0 Å². The summed E-state index contributed by atoms with van der Waals surface area (Å²) in [5.41, 5.74) is 1.70. The van der Waals surface area contributed by atoms with Crippen molar-refractivity contribution >= 4 is 60.5 Å². The van der Waals surface area contributed by atoms with Crippen molar-refractivity contribution < 1.29 is 9.59 Å². The predicted octanol–water partition coefficient (Wildman–Crippen LogP) is 4.17. The molecular formula is C18H18N4O2S2. The van der Waals surface area contributed by atoms with Crippen LogP contribution >= 0.6 is 22.7 Å². The number of rotatable bonds is 4. The molecule has 1 aliphatic rings. The van der Waals surface area contributed by atoms with E-state index in [2.05, 4.69) is 15.5 Å². The van der Waals surface area contributed by atoms with Gasteiger partial charge >= 0.3 is 0 Å². The van der Waals surface area contributed by atoms with Gasteiger partial charge in [0.25, 0.3) is 5.91 Å². The monoisotopic (exact) mass is 386 g/mol. The van der Waals surface area contributed by atoms with E-state index in [1.54, 1.807) is 23.5 Å². The molecule has 134 valence electrons. The third-order valence-corrected chi connectivity index (χ3v) is 6.22. The molecule has 2 amide bonds. The number of fused-ring (bicyclic) bond motifs is 1. The van der Waals surface area contributed by atoms with Crippen LogP contribution < -0.4 is 15.5 Å². The van der Waals surface area contributed by atoms with E-state index < -0.39 is 0 Å². The fourth-order valence-electron chi connectivity index (χ4n) is 2.93. The zero-order chi connectivity index (χ0) is 18.1. The van der Waals surface area contributed by atoms with E-state index in [0.29, 0.717) is 9.88 Å². The Hall–Kier alpha value is -2.45. The number of hydrogen-bond donors (Lipinski definition) is 2. The normalized spacial score (nSPS) is 14.0. The van der Waals surface area contributed by atoms with Crippen molar-refractivity contribution in [2.24, 2.45) is 0 Å². The molecule has 0 radical (unpaired) electrons. The van der Waals surface area contributed by atoms with E-state index in [0.717, 1.165) is 34.1 Å². The van der Waals surface area contributed by atoms with Crippen molar-refractivity contribution in [3.63, 3.8) is 0 Å². The van der Waals surface area contributed by atoms with Gasteiger partial charge in [0.05, 0.1) is 20.1 Å². The zero-order valence-electron chi connectivity index (χ0n) is 14.2. The molecule has 1 aliphatic heterocycles. The highest BCUT2D eigenvalue weighted by Crippen LogP contribution is 2.32. The minimum Gasteiger partial charge on any atom is -0.348 e. The van der Waals surface area contributed by atoms with Gasteiger partial charge in [-0.15, -0.1) is 11.3 Å². The third kappa shape index (κ3) is 3.56. The highest BCUT2D eigenvalue weighted by molar-refractivity contribution is 7.22. The van der Waals surface area contributed by atoms with Gasteiger partial charge in [-0.05, 0) is 43.2 Å². The zero-order valence-corrected chi connectivity index (χ0v) is 15.9. The summed E-state index contributed by atoms with van der Waals surface area (Å²) in [4.78, 5) is 31.1. The molecule has 8 heteroatoms. The van der Waals surface area contributed by atoms with Crippen LogP contribution in [0.15, 0.2) is 30.3 Å². The van der Waals surface area contributed by atoms with Gasteiger partial charge in [0.1, 0.15) is 0 Å². The Labute approximate surface area is 158 Å². The number of aromatic nitrogens is 1. The number of benzene rings is 1. The summed E-state index contributed by atoms with van der Waals surface area (Å²) < 4.78 is 1.06. The van der Waals surface area contributed by atoms with Crippen molar-refractivity contribution in [1.82, 2.24) is 4.98 Å². The molecule has 3 aromatic rings. The lowest BCUT2D eigenvalue weighted by Crippen LogP contribution is -2.16. The molecule has 2 aromatic heterocycles. The maximum absolute atomic E-state index is 12.4. The molecule has 0 aliphatic carbocycles. The number of thiophene rings is 1. The number of amides is 2. The van der Waals surface area contributed by atoms with E-state index in [1.807, 2.05) is 18.2 Å². The first-order valence-electron chi connectivity index (χ1n) is 8.43. The number of anilines is 3. The van der Waals surface area contributed by atoms with Crippen molar-refractivity contribution in [1.29, 1.82) is 0 Å². The molecule has 1 saturated heterocycles. The molecule has 0 spiro atoms. The smallest absolute Gasteiger partial charge is 0.265 e. The summed E-state index contributed by atoms with van der Waals surface area (Å²) in [5, 5.41) is 7.32. The molecule has 3 heterocycles. The molecule has 1 aromatic carbocycles. The lowest BCUT2D eigenvalue weighted by Gasteiger charge is -2.11. The Balaban J connectivity index is 1.50. The number of carbonyl (C=O) groups is 2. The number of nitrogens with one attached hydrogen (secondary N) is 2. The number of hydrogen-bond acceptors (Lipinski definition) is 6. The number of nitrogens with zero attached hydrogens (tertiary/aromatic N) is 2.